The van der Waals surface area contributed by atoms with Gasteiger partial charge in [-0.05, 0) is 58.7 Å². The van der Waals surface area contributed by atoms with Crippen LogP contribution in [0.4, 0.5) is 10.5 Å². The van der Waals surface area contributed by atoms with Crippen molar-refractivity contribution in [3.8, 4) is 5.75 Å². The van der Waals surface area contributed by atoms with Gasteiger partial charge in [0.15, 0.2) is 5.60 Å². The van der Waals surface area contributed by atoms with Crippen molar-refractivity contribution in [3.63, 3.8) is 0 Å². The van der Waals surface area contributed by atoms with Crippen molar-refractivity contribution in [1.82, 2.24) is 9.80 Å². The molecule has 0 bridgehead atoms. The zero-order valence-corrected chi connectivity index (χ0v) is 18.6. The fourth-order valence-electron chi connectivity index (χ4n) is 4.38. The SMILES string of the molecule is CC(C)N(C(=O)c1ccc2c(c1)N(CCN)C(=O)C(C)(C)O2)[C@@H]1CCCN(C(=O)O)C1. The Morgan fingerprint density at radius 3 is 2.68 bits per heavy atom. The third-order valence-corrected chi connectivity index (χ3v) is 5.83. The van der Waals surface area contributed by atoms with Gasteiger partial charge in [0, 0.05) is 37.8 Å². The lowest BCUT2D eigenvalue weighted by atomic mass is 9.99. The Balaban J connectivity index is 1.93. The monoisotopic (exact) mass is 432 g/mol. The van der Waals surface area contributed by atoms with Gasteiger partial charge in [-0.25, -0.2) is 4.79 Å². The number of rotatable bonds is 5. The molecule has 1 fully saturated rings. The first-order valence-electron chi connectivity index (χ1n) is 10.7. The van der Waals surface area contributed by atoms with Gasteiger partial charge >= 0.3 is 6.09 Å². The Bertz CT molecular complexity index is 869. The van der Waals surface area contributed by atoms with Gasteiger partial charge in [-0.2, -0.15) is 0 Å². The first kappa shape index (κ1) is 22.9. The molecule has 2 aliphatic heterocycles. The molecule has 2 heterocycles. The van der Waals surface area contributed by atoms with E-state index in [9.17, 15) is 19.5 Å². The van der Waals surface area contributed by atoms with E-state index in [1.807, 2.05) is 13.8 Å². The number of anilines is 1. The highest BCUT2D eigenvalue weighted by atomic mass is 16.5. The molecular weight excluding hydrogens is 400 g/mol. The minimum absolute atomic E-state index is 0.112. The van der Waals surface area contributed by atoms with Crippen LogP contribution in [-0.4, -0.2) is 76.7 Å². The Hall–Kier alpha value is -2.81. The van der Waals surface area contributed by atoms with E-state index in [0.717, 1.165) is 6.42 Å². The van der Waals surface area contributed by atoms with Gasteiger partial charge in [-0.1, -0.05) is 0 Å². The second kappa shape index (κ2) is 8.74. The third-order valence-electron chi connectivity index (χ3n) is 5.83. The lowest BCUT2D eigenvalue weighted by Crippen LogP contribution is -2.54. The lowest BCUT2D eigenvalue weighted by molar-refractivity contribution is -0.132. The van der Waals surface area contributed by atoms with Crippen molar-refractivity contribution >= 4 is 23.6 Å². The van der Waals surface area contributed by atoms with Crippen molar-refractivity contribution in [2.45, 2.75) is 58.2 Å². The second-order valence-electron chi connectivity index (χ2n) is 8.87. The smallest absolute Gasteiger partial charge is 0.407 e. The van der Waals surface area contributed by atoms with Crippen molar-refractivity contribution in [2.24, 2.45) is 5.73 Å². The number of amides is 3. The lowest BCUT2D eigenvalue weighted by Gasteiger charge is -2.41. The highest BCUT2D eigenvalue weighted by molar-refractivity contribution is 6.04. The van der Waals surface area contributed by atoms with Crippen LogP contribution in [-0.2, 0) is 4.79 Å². The molecule has 1 aromatic carbocycles. The summed E-state index contributed by atoms with van der Waals surface area (Å²) in [6.45, 7) is 8.63. The number of hydrogen-bond acceptors (Lipinski definition) is 5. The van der Waals surface area contributed by atoms with E-state index in [0.29, 0.717) is 43.1 Å². The number of piperidine rings is 1. The predicted octanol–water partition coefficient (Wildman–Crippen LogP) is 2.14. The van der Waals surface area contributed by atoms with Gasteiger partial charge < -0.3 is 30.3 Å². The van der Waals surface area contributed by atoms with Gasteiger partial charge in [0.05, 0.1) is 11.7 Å². The molecular formula is C22H32N4O5. The maximum absolute atomic E-state index is 13.5. The first-order chi connectivity index (χ1) is 14.6. The average molecular weight is 433 g/mol. The molecule has 1 saturated heterocycles. The van der Waals surface area contributed by atoms with E-state index in [-0.39, 0.29) is 30.4 Å². The summed E-state index contributed by atoms with van der Waals surface area (Å²) in [4.78, 5) is 42.5. The number of nitrogens with two attached hydrogens (primary N) is 1. The number of carbonyl (C=O) groups excluding carboxylic acids is 2. The molecule has 1 aromatic rings. The summed E-state index contributed by atoms with van der Waals surface area (Å²) in [7, 11) is 0. The summed E-state index contributed by atoms with van der Waals surface area (Å²) in [5, 5.41) is 9.37. The molecule has 1 atom stereocenters. The molecule has 0 aromatic heterocycles. The molecule has 3 N–H and O–H groups in total. The van der Waals surface area contributed by atoms with Crippen LogP contribution < -0.4 is 15.4 Å². The summed E-state index contributed by atoms with van der Waals surface area (Å²) in [6, 6.07) is 4.77. The number of hydrogen-bond donors (Lipinski definition) is 2. The molecule has 0 radical (unpaired) electrons. The van der Waals surface area contributed by atoms with Gasteiger partial charge in [-0.3, -0.25) is 9.59 Å². The first-order valence-corrected chi connectivity index (χ1v) is 10.7. The zero-order valence-electron chi connectivity index (χ0n) is 18.6. The molecule has 0 unspecified atom stereocenters. The van der Waals surface area contributed by atoms with Crippen LogP contribution in [0.5, 0.6) is 5.75 Å². The van der Waals surface area contributed by atoms with Crippen LogP contribution in [0.1, 0.15) is 50.9 Å². The molecule has 2 aliphatic rings. The predicted molar refractivity (Wildman–Crippen MR) is 116 cm³/mol. The Kier molecular flexibility index (Phi) is 6.45. The van der Waals surface area contributed by atoms with Gasteiger partial charge in [0.25, 0.3) is 11.8 Å². The number of nitrogens with zero attached hydrogens (tertiary/aromatic N) is 3. The molecule has 9 heteroatoms. The minimum atomic E-state index is -1.01. The zero-order chi connectivity index (χ0) is 22.9. The van der Waals surface area contributed by atoms with Crippen molar-refractivity contribution in [2.75, 3.05) is 31.1 Å². The van der Waals surface area contributed by atoms with Crippen molar-refractivity contribution in [3.05, 3.63) is 23.8 Å². The second-order valence-corrected chi connectivity index (χ2v) is 8.87. The Labute approximate surface area is 182 Å². The third kappa shape index (κ3) is 4.46. The van der Waals surface area contributed by atoms with Crippen LogP contribution in [0.25, 0.3) is 0 Å². The van der Waals surface area contributed by atoms with E-state index in [2.05, 4.69) is 0 Å². The van der Waals surface area contributed by atoms with E-state index in [4.69, 9.17) is 10.5 Å². The number of carboxylic acid groups (broad SMARTS) is 1. The normalized spacial score (nSPS) is 20.3. The standard InChI is InChI=1S/C22H32N4O5/c1-14(2)26(16-6-5-10-24(13-16)21(29)30)19(27)15-7-8-18-17(12-15)25(11-9-23)20(28)22(3,4)31-18/h7-8,12,14,16H,5-6,9-11,13,23H2,1-4H3,(H,29,30)/t16-/m1/s1. The highest BCUT2D eigenvalue weighted by Gasteiger charge is 2.41. The fourth-order valence-corrected chi connectivity index (χ4v) is 4.38. The van der Waals surface area contributed by atoms with Gasteiger partial charge in [-0.15, -0.1) is 0 Å². The minimum Gasteiger partial charge on any atom is -0.476 e. The number of fused-ring (bicyclic) bond motifs is 1. The van der Waals surface area contributed by atoms with Crippen LogP contribution in [0.2, 0.25) is 0 Å². The maximum Gasteiger partial charge on any atom is 0.407 e. The molecule has 0 saturated carbocycles. The largest absolute Gasteiger partial charge is 0.476 e. The van der Waals surface area contributed by atoms with Crippen LogP contribution in [0, 0.1) is 0 Å². The summed E-state index contributed by atoms with van der Waals surface area (Å²) in [5.74, 6) is 0.126. The van der Waals surface area contributed by atoms with Crippen LogP contribution >= 0.6 is 0 Å². The Morgan fingerprint density at radius 2 is 2.06 bits per heavy atom. The van der Waals surface area contributed by atoms with Crippen LogP contribution in [0.3, 0.4) is 0 Å². The molecule has 3 amide bonds. The van der Waals surface area contributed by atoms with E-state index >= 15 is 0 Å². The number of carbonyl (C=O) groups is 3. The molecule has 31 heavy (non-hydrogen) atoms. The quantitative estimate of drug-likeness (QED) is 0.736. The molecule has 0 spiro atoms. The van der Waals surface area contributed by atoms with Crippen molar-refractivity contribution < 1.29 is 24.2 Å². The Morgan fingerprint density at radius 1 is 1.35 bits per heavy atom. The topological polar surface area (TPSA) is 116 Å². The summed E-state index contributed by atoms with van der Waals surface area (Å²) in [5.41, 5.74) is 5.67. The van der Waals surface area contributed by atoms with Crippen LogP contribution in [0.15, 0.2) is 18.2 Å². The average Bonchev–Trinajstić information content (AvgIpc) is 2.71. The van der Waals surface area contributed by atoms with E-state index in [1.165, 1.54) is 4.90 Å². The van der Waals surface area contributed by atoms with Gasteiger partial charge in [0.2, 0.25) is 0 Å². The van der Waals surface area contributed by atoms with E-state index < -0.39 is 11.7 Å². The summed E-state index contributed by atoms with van der Waals surface area (Å²) in [6.07, 6.45) is 0.484. The molecule has 0 aliphatic carbocycles. The number of likely N-dealkylation sites (tertiary alicyclic amines) is 1. The highest BCUT2D eigenvalue weighted by Crippen LogP contribution is 2.38. The van der Waals surface area contributed by atoms with Gasteiger partial charge in [0.1, 0.15) is 5.75 Å². The van der Waals surface area contributed by atoms with E-state index in [1.54, 1.807) is 41.8 Å². The molecule has 170 valence electrons. The summed E-state index contributed by atoms with van der Waals surface area (Å²) >= 11 is 0. The summed E-state index contributed by atoms with van der Waals surface area (Å²) < 4.78 is 5.88. The molecule has 3 rings (SSSR count). The fraction of sp³-hybridized carbons (Fsp3) is 0.591. The number of benzene rings is 1. The molecule has 9 nitrogen and oxygen atoms in total. The maximum atomic E-state index is 13.5. The number of ether oxygens (including phenoxy) is 1. The van der Waals surface area contributed by atoms with Crippen molar-refractivity contribution in [1.29, 1.82) is 0 Å².